The van der Waals surface area contributed by atoms with Gasteiger partial charge in [0, 0.05) is 18.8 Å². The van der Waals surface area contributed by atoms with Crippen LogP contribution < -0.4 is 5.32 Å². The van der Waals surface area contributed by atoms with Crippen molar-refractivity contribution in [2.75, 3.05) is 13.7 Å². The Morgan fingerprint density at radius 1 is 1.35 bits per heavy atom. The molecule has 1 N–H and O–H groups in total. The highest BCUT2D eigenvalue weighted by Crippen LogP contribution is 2.20. The van der Waals surface area contributed by atoms with E-state index in [4.69, 9.17) is 4.74 Å². The summed E-state index contributed by atoms with van der Waals surface area (Å²) in [6.45, 7) is 7.62. The minimum Gasteiger partial charge on any atom is -0.371 e. The number of nitrogens with zero attached hydrogens (tertiary/aromatic N) is 2. The van der Waals surface area contributed by atoms with Crippen molar-refractivity contribution in [1.29, 1.82) is 0 Å². The molecule has 0 aliphatic carbocycles. The molecule has 0 radical (unpaired) electrons. The van der Waals surface area contributed by atoms with Gasteiger partial charge < -0.3 is 10.1 Å². The Labute approximate surface area is 104 Å². The molecule has 0 saturated carbocycles. The van der Waals surface area contributed by atoms with E-state index in [1.165, 1.54) is 0 Å². The van der Waals surface area contributed by atoms with E-state index in [9.17, 15) is 0 Å². The maximum absolute atomic E-state index is 5.71. The molecule has 0 saturated heterocycles. The molecule has 0 aliphatic rings. The number of hydrogen-bond acceptors (Lipinski definition) is 4. The van der Waals surface area contributed by atoms with E-state index in [2.05, 4.69) is 22.2 Å². The molecule has 96 valence electrons. The van der Waals surface area contributed by atoms with Gasteiger partial charge in [-0.2, -0.15) is 0 Å². The van der Waals surface area contributed by atoms with Crippen LogP contribution in [0.15, 0.2) is 6.07 Å². The van der Waals surface area contributed by atoms with Crippen LogP contribution in [0.1, 0.15) is 50.0 Å². The molecule has 0 bridgehead atoms. The average Bonchev–Trinajstić information content (AvgIpc) is 2.28. The molecule has 0 amide bonds. The molecule has 1 aromatic rings. The van der Waals surface area contributed by atoms with Gasteiger partial charge in [0.05, 0.1) is 5.69 Å². The maximum Gasteiger partial charge on any atom is 0.157 e. The zero-order valence-corrected chi connectivity index (χ0v) is 11.3. The standard InChI is InChI=1S/C13H23N3O/c1-5-7-12(17-6-2)13-15-10(3)8-11(16-13)9-14-4/h8,12,14H,5-7,9H2,1-4H3. The molecule has 1 rings (SSSR count). The van der Waals surface area contributed by atoms with Crippen molar-refractivity contribution in [3.05, 3.63) is 23.3 Å². The van der Waals surface area contributed by atoms with E-state index >= 15 is 0 Å². The van der Waals surface area contributed by atoms with Gasteiger partial charge in [-0.1, -0.05) is 13.3 Å². The minimum atomic E-state index is 0.0282. The predicted octanol–water partition coefficient (Wildman–Crippen LogP) is 2.38. The first-order valence-electron chi connectivity index (χ1n) is 6.31. The van der Waals surface area contributed by atoms with Gasteiger partial charge in [0.2, 0.25) is 0 Å². The minimum absolute atomic E-state index is 0.0282. The second-order valence-electron chi connectivity index (χ2n) is 4.12. The van der Waals surface area contributed by atoms with Gasteiger partial charge in [0.15, 0.2) is 5.82 Å². The average molecular weight is 237 g/mol. The SMILES string of the molecule is CCCC(OCC)c1nc(C)cc(CNC)n1. The predicted molar refractivity (Wildman–Crippen MR) is 68.8 cm³/mol. The van der Waals surface area contributed by atoms with Gasteiger partial charge in [-0.05, 0) is 33.4 Å². The molecule has 0 spiro atoms. The van der Waals surface area contributed by atoms with E-state index < -0.39 is 0 Å². The lowest BCUT2D eigenvalue weighted by atomic mass is 10.2. The summed E-state index contributed by atoms with van der Waals surface area (Å²) < 4.78 is 5.71. The number of ether oxygens (including phenoxy) is 1. The molecule has 4 nitrogen and oxygen atoms in total. The summed E-state index contributed by atoms with van der Waals surface area (Å²) in [5.74, 6) is 0.818. The van der Waals surface area contributed by atoms with Crippen LogP contribution in [0.5, 0.6) is 0 Å². The zero-order valence-electron chi connectivity index (χ0n) is 11.3. The molecule has 4 heteroatoms. The summed E-state index contributed by atoms with van der Waals surface area (Å²) in [7, 11) is 1.92. The molecule has 1 aromatic heterocycles. The smallest absolute Gasteiger partial charge is 0.157 e. The van der Waals surface area contributed by atoms with Gasteiger partial charge in [-0.25, -0.2) is 9.97 Å². The Morgan fingerprint density at radius 3 is 2.71 bits per heavy atom. The van der Waals surface area contributed by atoms with Crippen molar-refractivity contribution in [2.24, 2.45) is 0 Å². The number of hydrogen-bond donors (Lipinski definition) is 1. The third-order valence-corrected chi connectivity index (χ3v) is 2.49. The Kier molecular flexibility index (Phi) is 6.08. The fraction of sp³-hybridized carbons (Fsp3) is 0.692. The summed E-state index contributed by atoms with van der Waals surface area (Å²) in [6, 6.07) is 2.01. The number of aryl methyl sites for hydroxylation is 1. The third-order valence-electron chi connectivity index (χ3n) is 2.49. The van der Waals surface area contributed by atoms with Gasteiger partial charge in [-0.3, -0.25) is 0 Å². The maximum atomic E-state index is 5.71. The lowest BCUT2D eigenvalue weighted by Gasteiger charge is -2.16. The Bertz CT molecular complexity index is 335. The molecule has 17 heavy (non-hydrogen) atoms. The monoisotopic (exact) mass is 237 g/mol. The van der Waals surface area contributed by atoms with Crippen LogP contribution in [-0.2, 0) is 11.3 Å². The van der Waals surface area contributed by atoms with Crippen molar-refractivity contribution in [2.45, 2.75) is 46.3 Å². The van der Waals surface area contributed by atoms with Gasteiger partial charge in [0.1, 0.15) is 6.10 Å². The van der Waals surface area contributed by atoms with Crippen molar-refractivity contribution < 1.29 is 4.74 Å². The largest absolute Gasteiger partial charge is 0.371 e. The first-order chi connectivity index (χ1) is 8.21. The Hall–Kier alpha value is -1.00. The first kappa shape index (κ1) is 14.1. The van der Waals surface area contributed by atoms with Crippen molar-refractivity contribution in [1.82, 2.24) is 15.3 Å². The number of aromatic nitrogens is 2. The summed E-state index contributed by atoms with van der Waals surface area (Å²) >= 11 is 0. The topological polar surface area (TPSA) is 47.0 Å². The van der Waals surface area contributed by atoms with Crippen molar-refractivity contribution >= 4 is 0 Å². The highest BCUT2D eigenvalue weighted by Gasteiger charge is 2.14. The Balaban J connectivity index is 2.92. The van der Waals surface area contributed by atoms with Crippen LogP contribution >= 0.6 is 0 Å². The third kappa shape index (κ3) is 4.40. The van der Waals surface area contributed by atoms with E-state index in [0.29, 0.717) is 6.61 Å². The van der Waals surface area contributed by atoms with Crippen molar-refractivity contribution in [3.8, 4) is 0 Å². The zero-order chi connectivity index (χ0) is 12.7. The van der Waals surface area contributed by atoms with Crippen molar-refractivity contribution in [3.63, 3.8) is 0 Å². The normalized spacial score (nSPS) is 12.7. The van der Waals surface area contributed by atoms with E-state index in [0.717, 1.165) is 36.6 Å². The quantitative estimate of drug-likeness (QED) is 0.791. The fourth-order valence-electron chi connectivity index (χ4n) is 1.82. The summed E-state index contributed by atoms with van der Waals surface area (Å²) in [4.78, 5) is 9.05. The second kappa shape index (κ2) is 7.35. The van der Waals surface area contributed by atoms with Crippen LogP contribution in [0.4, 0.5) is 0 Å². The molecule has 1 heterocycles. The summed E-state index contributed by atoms with van der Waals surface area (Å²) in [5.41, 5.74) is 2.02. The van der Waals surface area contributed by atoms with E-state index in [-0.39, 0.29) is 6.10 Å². The Morgan fingerprint density at radius 2 is 2.12 bits per heavy atom. The van der Waals surface area contributed by atoms with Gasteiger partial charge in [-0.15, -0.1) is 0 Å². The molecule has 0 aliphatic heterocycles. The lowest BCUT2D eigenvalue weighted by Crippen LogP contribution is -2.14. The van der Waals surface area contributed by atoms with E-state index in [1.54, 1.807) is 0 Å². The summed E-state index contributed by atoms with van der Waals surface area (Å²) in [5, 5.41) is 3.11. The molecule has 1 unspecified atom stereocenters. The lowest BCUT2D eigenvalue weighted by molar-refractivity contribution is 0.0491. The molecular weight excluding hydrogens is 214 g/mol. The van der Waals surface area contributed by atoms with Crippen LogP contribution in [0.25, 0.3) is 0 Å². The first-order valence-corrected chi connectivity index (χ1v) is 6.31. The van der Waals surface area contributed by atoms with E-state index in [1.807, 2.05) is 27.0 Å². The van der Waals surface area contributed by atoms with Gasteiger partial charge >= 0.3 is 0 Å². The molecule has 0 aromatic carbocycles. The molecule has 1 atom stereocenters. The summed E-state index contributed by atoms with van der Waals surface area (Å²) in [6.07, 6.45) is 2.07. The van der Waals surface area contributed by atoms with Crippen LogP contribution in [0.3, 0.4) is 0 Å². The second-order valence-corrected chi connectivity index (χ2v) is 4.12. The van der Waals surface area contributed by atoms with Crippen LogP contribution in [0, 0.1) is 6.92 Å². The van der Waals surface area contributed by atoms with Crippen LogP contribution in [0.2, 0.25) is 0 Å². The molecule has 0 fully saturated rings. The fourth-order valence-corrected chi connectivity index (χ4v) is 1.82. The number of nitrogens with one attached hydrogen (secondary N) is 1. The van der Waals surface area contributed by atoms with Gasteiger partial charge in [0.25, 0.3) is 0 Å². The van der Waals surface area contributed by atoms with Crippen LogP contribution in [-0.4, -0.2) is 23.6 Å². The number of rotatable bonds is 7. The molecular formula is C13H23N3O. The highest BCUT2D eigenvalue weighted by molar-refractivity contribution is 5.11. The highest BCUT2D eigenvalue weighted by atomic mass is 16.5.